The molecular formula is C27H38N4O4. The van der Waals surface area contributed by atoms with Gasteiger partial charge < -0.3 is 25.0 Å². The van der Waals surface area contributed by atoms with Crippen molar-refractivity contribution in [1.29, 1.82) is 0 Å². The Morgan fingerprint density at radius 1 is 1.31 bits per heavy atom. The molecule has 0 saturated carbocycles. The first kappa shape index (κ1) is 26.3. The summed E-state index contributed by atoms with van der Waals surface area (Å²) >= 11 is 0. The molecule has 0 aliphatic carbocycles. The average molecular weight is 483 g/mol. The zero-order valence-corrected chi connectivity index (χ0v) is 21.3. The third kappa shape index (κ3) is 7.10. The maximum absolute atomic E-state index is 13.2. The van der Waals surface area contributed by atoms with E-state index in [0.29, 0.717) is 31.1 Å². The molecule has 190 valence electrons. The number of hydrogen-bond donors (Lipinski definition) is 2. The standard InChI is InChI=1S/C27H38N4O4/c1-19(2)21(9-10-22-7-5-13-28-20(22)3)8-6-14-30-15-16-31(27(30)34)24(17-26(32)33)23-11-12-25(35-4)29-18-23/h9-12,18,24,28H,5-8,13-17H2,1-4H3,(H,32,33)/b10-9-. The Hall–Kier alpha value is -3.29. The van der Waals surface area contributed by atoms with Crippen LogP contribution in [0, 0.1) is 0 Å². The molecule has 8 nitrogen and oxygen atoms in total. The molecule has 35 heavy (non-hydrogen) atoms. The Balaban J connectivity index is 1.60. The van der Waals surface area contributed by atoms with Gasteiger partial charge >= 0.3 is 12.0 Å². The Kier molecular flexibility index (Phi) is 9.34. The number of carboxylic acid groups (broad SMARTS) is 1. The molecule has 1 unspecified atom stereocenters. The van der Waals surface area contributed by atoms with Crippen LogP contribution in [0.1, 0.15) is 64.5 Å². The first-order valence-electron chi connectivity index (χ1n) is 12.4. The first-order valence-corrected chi connectivity index (χ1v) is 12.4. The van der Waals surface area contributed by atoms with Crippen LogP contribution < -0.4 is 10.1 Å². The highest BCUT2D eigenvalue weighted by molar-refractivity contribution is 5.78. The van der Waals surface area contributed by atoms with E-state index in [4.69, 9.17) is 4.74 Å². The van der Waals surface area contributed by atoms with Crippen molar-refractivity contribution in [1.82, 2.24) is 20.1 Å². The molecule has 0 spiro atoms. The highest BCUT2D eigenvalue weighted by Crippen LogP contribution is 2.29. The number of allylic oxidation sites excluding steroid dienone is 6. The molecule has 2 amide bonds. The van der Waals surface area contributed by atoms with E-state index >= 15 is 0 Å². The first-order chi connectivity index (χ1) is 16.8. The fourth-order valence-electron chi connectivity index (χ4n) is 4.61. The van der Waals surface area contributed by atoms with Crippen molar-refractivity contribution >= 4 is 12.0 Å². The van der Waals surface area contributed by atoms with Crippen LogP contribution in [0.3, 0.4) is 0 Å². The molecule has 8 heteroatoms. The molecule has 3 rings (SSSR count). The zero-order valence-electron chi connectivity index (χ0n) is 21.3. The number of pyridine rings is 1. The predicted octanol–water partition coefficient (Wildman–Crippen LogP) is 4.67. The number of nitrogens with one attached hydrogen (secondary N) is 1. The van der Waals surface area contributed by atoms with Crippen LogP contribution in [0.5, 0.6) is 5.88 Å². The topological polar surface area (TPSA) is 95.0 Å². The van der Waals surface area contributed by atoms with Gasteiger partial charge in [0.05, 0.1) is 19.6 Å². The molecule has 2 aliphatic heterocycles. The smallest absolute Gasteiger partial charge is 0.320 e. The maximum atomic E-state index is 13.2. The van der Waals surface area contributed by atoms with Crippen molar-refractivity contribution in [3.05, 3.63) is 58.5 Å². The summed E-state index contributed by atoms with van der Waals surface area (Å²) in [5.74, 6) is -0.497. The average Bonchev–Trinajstić information content (AvgIpc) is 3.20. The number of aromatic nitrogens is 1. The van der Waals surface area contributed by atoms with Crippen LogP contribution in [0.15, 0.2) is 52.9 Å². The summed E-state index contributed by atoms with van der Waals surface area (Å²) < 4.78 is 5.10. The number of carbonyl (C=O) groups excluding carboxylic acids is 1. The van der Waals surface area contributed by atoms with Crippen molar-refractivity contribution < 1.29 is 19.4 Å². The van der Waals surface area contributed by atoms with Crippen molar-refractivity contribution in [2.45, 2.75) is 58.9 Å². The SMILES string of the molecule is COc1ccc(C(CC(=O)O)N2CCN(CCCC(/C=C\C3=C(C)NCCC3)=C(C)C)C2=O)cn1. The minimum Gasteiger partial charge on any atom is -0.481 e. The molecule has 2 N–H and O–H groups in total. The summed E-state index contributed by atoms with van der Waals surface area (Å²) in [6, 6.07) is 2.80. The van der Waals surface area contributed by atoms with Crippen molar-refractivity contribution in [3.63, 3.8) is 0 Å². The summed E-state index contributed by atoms with van der Waals surface area (Å²) in [5, 5.41) is 12.9. The summed E-state index contributed by atoms with van der Waals surface area (Å²) in [7, 11) is 1.53. The number of aliphatic carboxylic acids is 1. The number of amides is 2. The lowest BCUT2D eigenvalue weighted by atomic mass is 10.00. The predicted molar refractivity (Wildman–Crippen MR) is 136 cm³/mol. The lowest BCUT2D eigenvalue weighted by Crippen LogP contribution is -2.36. The van der Waals surface area contributed by atoms with E-state index in [1.807, 2.05) is 4.90 Å². The Morgan fingerprint density at radius 2 is 2.11 bits per heavy atom. The highest BCUT2D eigenvalue weighted by atomic mass is 16.5. The number of rotatable bonds is 11. The molecule has 0 bridgehead atoms. The second-order valence-electron chi connectivity index (χ2n) is 9.35. The van der Waals surface area contributed by atoms with Gasteiger partial charge in [0.1, 0.15) is 0 Å². The monoisotopic (exact) mass is 482 g/mol. The number of carbonyl (C=O) groups is 2. The van der Waals surface area contributed by atoms with E-state index in [9.17, 15) is 14.7 Å². The Morgan fingerprint density at radius 3 is 2.74 bits per heavy atom. The van der Waals surface area contributed by atoms with Gasteiger partial charge in [-0.15, -0.1) is 0 Å². The number of carboxylic acids is 1. The minimum atomic E-state index is -0.949. The molecule has 3 heterocycles. The summed E-state index contributed by atoms with van der Waals surface area (Å²) in [6.07, 6.45) is 9.89. The highest BCUT2D eigenvalue weighted by Gasteiger charge is 2.35. The van der Waals surface area contributed by atoms with Gasteiger partial charge in [0, 0.05) is 44.1 Å². The molecule has 1 aromatic rings. The Bertz CT molecular complexity index is 993. The lowest BCUT2D eigenvalue weighted by molar-refractivity contribution is -0.138. The van der Waals surface area contributed by atoms with Gasteiger partial charge in [-0.3, -0.25) is 4.79 Å². The fraction of sp³-hybridized carbons (Fsp3) is 0.519. The summed E-state index contributed by atoms with van der Waals surface area (Å²) in [6.45, 7) is 9.16. The second kappa shape index (κ2) is 12.4. The summed E-state index contributed by atoms with van der Waals surface area (Å²) in [5.41, 5.74) is 5.89. The summed E-state index contributed by atoms with van der Waals surface area (Å²) in [4.78, 5) is 32.4. The van der Waals surface area contributed by atoms with Gasteiger partial charge in [0.2, 0.25) is 5.88 Å². The van der Waals surface area contributed by atoms with Crippen molar-refractivity contribution in [3.8, 4) is 5.88 Å². The van der Waals surface area contributed by atoms with Crippen LogP contribution in [-0.2, 0) is 4.79 Å². The number of nitrogens with zero attached hydrogens (tertiary/aromatic N) is 3. The van der Waals surface area contributed by atoms with Crippen molar-refractivity contribution in [2.24, 2.45) is 0 Å². The molecule has 2 aliphatic rings. The molecular weight excluding hydrogens is 444 g/mol. The second-order valence-corrected chi connectivity index (χ2v) is 9.35. The van der Waals surface area contributed by atoms with Crippen LogP contribution >= 0.6 is 0 Å². The maximum Gasteiger partial charge on any atom is 0.320 e. The van der Waals surface area contributed by atoms with Crippen LogP contribution in [-0.4, -0.2) is 65.2 Å². The molecule has 1 fully saturated rings. The largest absolute Gasteiger partial charge is 0.481 e. The van der Waals surface area contributed by atoms with E-state index < -0.39 is 12.0 Å². The van der Waals surface area contributed by atoms with E-state index in [0.717, 1.165) is 32.2 Å². The Labute approximate surface area is 208 Å². The number of urea groups is 1. The zero-order chi connectivity index (χ0) is 25.4. The molecule has 0 aromatic carbocycles. The van der Waals surface area contributed by atoms with Gasteiger partial charge in [-0.1, -0.05) is 23.8 Å². The normalized spacial score (nSPS) is 17.1. The fourth-order valence-corrected chi connectivity index (χ4v) is 4.61. The van der Waals surface area contributed by atoms with Gasteiger partial charge in [0.25, 0.3) is 0 Å². The minimum absolute atomic E-state index is 0.115. The van der Waals surface area contributed by atoms with Crippen LogP contribution in [0.25, 0.3) is 0 Å². The van der Waals surface area contributed by atoms with Gasteiger partial charge in [-0.05, 0) is 63.2 Å². The van der Waals surface area contributed by atoms with E-state index in [-0.39, 0.29) is 12.5 Å². The molecule has 1 atom stereocenters. The van der Waals surface area contributed by atoms with E-state index in [2.05, 4.69) is 43.2 Å². The van der Waals surface area contributed by atoms with Crippen LogP contribution in [0.4, 0.5) is 4.79 Å². The third-order valence-corrected chi connectivity index (χ3v) is 6.72. The molecule has 1 aromatic heterocycles. The third-order valence-electron chi connectivity index (χ3n) is 6.72. The van der Waals surface area contributed by atoms with Gasteiger partial charge in [-0.25, -0.2) is 9.78 Å². The van der Waals surface area contributed by atoms with Gasteiger partial charge in [0.15, 0.2) is 0 Å². The molecule has 0 radical (unpaired) electrons. The number of ether oxygens (including phenoxy) is 1. The lowest BCUT2D eigenvalue weighted by Gasteiger charge is -2.27. The molecule has 1 saturated heterocycles. The van der Waals surface area contributed by atoms with Crippen molar-refractivity contribution in [2.75, 3.05) is 33.3 Å². The van der Waals surface area contributed by atoms with Gasteiger partial charge in [-0.2, -0.15) is 0 Å². The van der Waals surface area contributed by atoms with E-state index in [1.54, 1.807) is 23.2 Å². The van der Waals surface area contributed by atoms with E-state index in [1.165, 1.54) is 29.5 Å². The number of hydrogen-bond acceptors (Lipinski definition) is 5. The van der Waals surface area contributed by atoms with Crippen LogP contribution in [0.2, 0.25) is 0 Å². The number of methoxy groups -OCH3 is 1. The quantitative estimate of drug-likeness (QED) is 0.445.